The number of allylic oxidation sites excluding steroid dienone is 2. The van der Waals surface area contributed by atoms with Crippen molar-refractivity contribution in [1.29, 1.82) is 0 Å². The summed E-state index contributed by atoms with van der Waals surface area (Å²) in [5.74, 6) is 1.30. The average molecular weight is 426 g/mol. The van der Waals surface area contributed by atoms with Gasteiger partial charge < -0.3 is 24.2 Å². The second-order valence-corrected chi connectivity index (χ2v) is 8.54. The van der Waals surface area contributed by atoms with Crippen molar-refractivity contribution < 1.29 is 14.3 Å². The Kier molecular flexibility index (Phi) is 7.11. The summed E-state index contributed by atoms with van der Waals surface area (Å²) in [6, 6.07) is 6.21. The van der Waals surface area contributed by atoms with Crippen LogP contribution in [0.2, 0.25) is 0 Å². The molecule has 1 unspecified atom stereocenters. The first-order chi connectivity index (χ1) is 14.7. The number of amides is 1. The Morgan fingerprint density at radius 3 is 2.48 bits per heavy atom. The molecule has 1 aromatic rings. The number of hydrogen-bond donors (Lipinski definition) is 0. The van der Waals surface area contributed by atoms with Crippen LogP contribution in [0.1, 0.15) is 33.3 Å². The third kappa shape index (κ3) is 4.96. The van der Waals surface area contributed by atoms with E-state index in [0.29, 0.717) is 17.5 Å². The quantitative estimate of drug-likeness (QED) is 0.672. The number of likely N-dealkylation sites (N-methyl/N-ethyl adjacent to an activating group) is 1. The van der Waals surface area contributed by atoms with Crippen molar-refractivity contribution in [2.45, 2.75) is 39.8 Å². The molecule has 168 valence electrons. The summed E-state index contributed by atoms with van der Waals surface area (Å²) in [5, 5.41) is 0. The monoisotopic (exact) mass is 425 g/mol. The molecule has 2 heterocycles. The zero-order chi connectivity index (χ0) is 22.7. The largest absolute Gasteiger partial charge is 0.493 e. The van der Waals surface area contributed by atoms with Crippen molar-refractivity contribution >= 4 is 11.5 Å². The van der Waals surface area contributed by atoms with Crippen LogP contribution in [0.3, 0.4) is 0 Å². The van der Waals surface area contributed by atoms with Crippen molar-refractivity contribution in [2.75, 3.05) is 40.9 Å². The Morgan fingerprint density at radius 2 is 1.84 bits per heavy atom. The molecule has 6 nitrogen and oxygen atoms in total. The van der Waals surface area contributed by atoms with Crippen molar-refractivity contribution in [3.05, 3.63) is 53.4 Å². The minimum Gasteiger partial charge on any atom is -0.493 e. The summed E-state index contributed by atoms with van der Waals surface area (Å²) >= 11 is 0. The topological polar surface area (TPSA) is 45.2 Å². The van der Waals surface area contributed by atoms with E-state index in [1.807, 2.05) is 36.2 Å². The van der Waals surface area contributed by atoms with Gasteiger partial charge in [0.2, 0.25) is 0 Å². The number of rotatable bonds is 5. The fraction of sp³-hybridized carbons (Fsp3) is 0.480. The SMILES string of the molecule is COc1ccc(/C(C)=C/C(=O)N2C=C(N3CCN(C)[C@H](C)C3)C=C(C)C2C)cc1OC. The van der Waals surface area contributed by atoms with Crippen molar-refractivity contribution in [1.82, 2.24) is 14.7 Å². The molecule has 0 bridgehead atoms. The average Bonchev–Trinajstić information content (AvgIpc) is 2.76. The van der Waals surface area contributed by atoms with E-state index < -0.39 is 0 Å². The summed E-state index contributed by atoms with van der Waals surface area (Å²) in [4.78, 5) is 19.9. The molecule has 0 aromatic heterocycles. The zero-order valence-corrected chi connectivity index (χ0v) is 19.8. The Hall–Kier alpha value is -2.73. The summed E-state index contributed by atoms with van der Waals surface area (Å²) in [5.41, 5.74) is 4.12. The second-order valence-electron chi connectivity index (χ2n) is 8.54. The fourth-order valence-corrected chi connectivity index (χ4v) is 4.00. The van der Waals surface area contributed by atoms with E-state index in [2.05, 4.69) is 43.7 Å². The van der Waals surface area contributed by atoms with Gasteiger partial charge in [-0.05, 0) is 69.7 Å². The normalized spacial score (nSPS) is 22.7. The highest BCUT2D eigenvalue weighted by atomic mass is 16.5. The van der Waals surface area contributed by atoms with Gasteiger partial charge in [0, 0.05) is 38.0 Å². The molecule has 2 atom stereocenters. The standard InChI is InChI=1S/C25H35N3O3/c1-17-12-22(27-11-10-26(5)19(3)15-27)16-28(20(17)4)25(29)13-18(2)21-8-9-23(30-6)24(14-21)31-7/h8-9,12-14,16,19-20H,10-11,15H2,1-7H3/b18-13+/t19-,20?/m1/s1. The molecule has 31 heavy (non-hydrogen) atoms. The first-order valence-corrected chi connectivity index (χ1v) is 10.8. The maximum atomic E-state index is 13.3. The smallest absolute Gasteiger partial charge is 0.251 e. The Labute approximate surface area is 186 Å². The number of hydrogen-bond acceptors (Lipinski definition) is 5. The summed E-state index contributed by atoms with van der Waals surface area (Å²) in [6.45, 7) is 11.3. The highest BCUT2D eigenvalue weighted by Gasteiger charge is 2.27. The molecular weight excluding hydrogens is 390 g/mol. The van der Waals surface area contributed by atoms with Gasteiger partial charge in [0.25, 0.3) is 5.91 Å². The van der Waals surface area contributed by atoms with Crippen LogP contribution in [0, 0.1) is 0 Å². The van der Waals surface area contributed by atoms with Gasteiger partial charge in [-0.3, -0.25) is 4.79 Å². The molecule has 1 amide bonds. The highest BCUT2D eigenvalue weighted by molar-refractivity contribution is 5.96. The third-order valence-corrected chi connectivity index (χ3v) is 6.48. The molecule has 0 spiro atoms. The minimum atomic E-state index is -0.0214. The number of carbonyl (C=O) groups excluding carboxylic acids is 1. The third-order valence-electron chi connectivity index (χ3n) is 6.48. The predicted molar refractivity (Wildman–Crippen MR) is 125 cm³/mol. The number of benzene rings is 1. The van der Waals surface area contributed by atoms with E-state index in [1.165, 1.54) is 5.57 Å². The number of ether oxygens (including phenoxy) is 2. The maximum Gasteiger partial charge on any atom is 0.251 e. The van der Waals surface area contributed by atoms with Crippen LogP contribution >= 0.6 is 0 Å². The van der Waals surface area contributed by atoms with Crippen LogP contribution in [0.25, 0.3) is 5.57 Å². The van der Waals surface area contributed by atoms with E-state index in [-0.39, 0.29) is 11.9 Å². The fourth-order valence-electron chi connectivity index (χ4n) is 4.00. The molecule has 2 aliphatic heterocycles. The summed E-state index contributed by atoms with van der Waals surface area (Å²) in [6.07, 6.45) is 5.94. The van der Waals surface area contributed by atoms with Crippen LogP contribution < -0.4 is 9.47 Å². The lowest BCUT2D eigenvalue weighted by atomic mass is 10.0. The van der Waals surface area contributed by atoms with Gasteiger partial charge in [0.05, 0.1) is 26.0 Å². The first-order valence-electron chi connectivity index (χ1n) is 10.8. The van der Waals surface area contributed by atoms with Crippen molar-refractivity contribution in [3.8, 4) is 11.5 Å². The van der Waals surface area contributed by atoms with E-state index in [1.54, 1.807) is 20.3 Å². The number of nitrogens with zero attached hydrogens (tertiary/aromatic N) is 3. The Bertz CT molecular complexity index is 919. The van der Waals surface area contributed by atoms with E-state index in [0.717, 1.165) is 36.5 Å². The molecule has 1 saturated heterocycles. The Morgan fingerprint density at radius 1 is 1.13 bits per heavy atom. The van der Waals surface area contributed by atoms with Gasteiger partial charge in [-0.25, -0.2) is 0 Å². The summed E-state index contributed by atoms with van der Waals surface area (Å²) < 4.78 is 10.7. The lowest BCUT2D eigenvalue weighted by molar-refractivity contribution is -0.124. The van der Waals surface area contributed by atoms with Crippen molar-refractivity contribution in [3.63, 3.8) is 0 Å². The lowest BCUT2D eigenvalue weighted by Gasteiger charge is -2.41. The summed E-state index contributed by atoms with van der Waals surface area (Å²) in [7, 11) is 5.39. The van der Waals surface area contributed by atoms with E-state index in [4.69, 9.17) is 9.47 Å². The lowest BCUT2D eigenvalue weighted by Crippen LogP contribution is -2.50. The van der Waals surface area contributed by atoms with Gasteiger partial charge in [-0.15, -0.1) is 0 Å². The molecule has 1 aromatic carbocycles. The highest BCUT2D eigenvalue weighted by Crippen LogP contribution is 2.31. The molecule has 0 N–H and O–H groups in total. The van der Waals surface area contributed by atoms with E-state index in [9.17, 15) is 4.79 Å². The number of carbonyl (C=O) groups is 1. The van der Waals surface area contributed by atoms with Crippen LogP contribution in [0.15, 0.2) is 47.8 Å². The molecular formula is C25H35N3O3. The van der Waals surface area contributed by atoms with Gasteiger partial charge in [0.1, 0.15) is 0 Å². The maximum absolute atomic E-state index is 13.3. The van der Waals surface area contributed by atoms with Crippen LogP contribution in [0.5, 0.6) is 11.5 Å². The minimum absolute atomic E-state index is 0.0214. The Balaban J connectivity index is 1.84. The predicted octanol–water partition coefficient (Wildman–Crippen LogP) is 3.76. The van der Waals surface area contributed by atoms with E-state index >= 15 is 0 Å². The number of piperazine rings is 1. The molecule has 1 fully saturated rings. The molecule has 2 aliphatic rings. The van der Waals surface area contributed by atoms with Gasteiger partial charge in [-0.1, -0.05) is 6.07 Å². The van der Waals surface area contributed by atoms with Crippen LogP contribution in [0.4, 0.5) is 0 Å². The van der Waals surface area contributed by atoms with Crippen molar-refractivity contribution in [2.24, 2.45) is 0 Å². The van der Waals surface area contributed by atoms with Crippen LogP contribution in [-0.4, -0.2) is 73.6 Å². The molecule has 0 saturated carbocycles. The molecule has 0 aliphatic carbocycles. The first kappa shape index (κ1) is 22.9. The second kappa shape index (κ2) is 9.60. The van der Waals surface area contributed by atoms with Gasteiger partial charge in [-0.2, -0.15) is 0 Å². The van der Waals surface area contributed by atoms with Gasteiger partial charge >= 0.3 is 0 Å². The van der Waals surface area contributed by atoms with Gasteiger partial charge in [0.15, 0.2) is 11.5 Å². The molecule has 0 radical (unpaired) electrons. The van der Waals surface area contributed by atoms with Crippen LogP contribution in [-0.2, 0) is 4.79 Å². The zero-order valence-electron chi connectivity index (χ0n) is 19.8. The number of methoxy groups -OCH3 is 2. The molecule has 6 heteroatoms. The molecule has 3 rings (SSSR count).